The van der Waals surface area contributed by atoms with E-state index in [1.54, 1.807) is 6.20 Å². The fourth-order valence-corrected chi connectivity index (χ4v) is 2.54. The molecule has 0 radical (unpaired) electrons. The molecule has 0 saturated carbocycles. The summed E-state index contributed by atoms with van der Waals surface area (Å²) in [6.45, 7) is 1.95. The van der Waals surface area contributed by atoms with E-state index in [1.807, 2.05) is 29.1 Å². The quantitative estimate of drug-likeness (QED) is 0.755. The fourth-order valence-electron chi connectivity index (χ4n) is 2.54. The molecule has 21 heavy (non-hydrogen) atoms. The van der Waals surface area contributed by atoms with Crippen molar-refractivity contribution in [1.29, 1.82) is 0 Å². The summed E-state index contributed by atoms with van der Waals surface area (Å²) in [6, 6.07) is 14.4. The minimum Gasteiger partial charge on any atom is -0.491 e. The van der Waals surface area contributed by atoms with Gasteiger partial charge in [-0.1, -0.05) is 30.3 Å². The van der Waals surface area contributed by atoms with Crippen LogP contribution < -0.4 is 10.5 Å². The third-order valence-corrected chi connectivity index (χ3v) is 3.53. The molecule has 0 atom stereocenters. The molecule has 2 aromatic carbocycles. The van der Waals surface area contributed by atoms with Crippen LogP contribution in [-0.2, 0) is 13.0 Å². The van der Waals surface area contributed by atoms with Crippen molar-refractivity contribution in [2.75, 3.05) is 13.2 Å². The molecular formula is C17H19N3O. The Morgan fingerprint density at radius 3 is 2.81 bits per heavy atom. The summed E-state index contributed by atoms with van der Waals surface area (Å²) in [5.41, 5.74) is 6.95. The van der Waals surface area contributed by atoms with Crippen molar-refractivity contribution in [1.82, 2.24) is 9.78 Å². The van der Waals surface area contributed by atoms with Crippen LogP contribution in [0.3, 0.4) is 0 Å². The summed E-state index contributed by atoms with van der Waals surface area (Å²) in [7, 11) is 0. The first kappa shape index (κ1) is 13.6. The molecule has 3 aromatic rings. The van der Waals surface area contributed by atoms with Crippen molar-refractivity contribution >= 4 is 10.8 Å². The Morgan fingerprint density at radius 1 is 1.10 bits per heavy atom. The van der Waals surface area contributed by atoms with Crippen LogP contribution in [-0.4, -0.2) is 22.9 Å². The van der Waals surface area contributed by atoms with Gasteiger partial charge in [0, 0.05) is 18.0 Å². The first-order valence-electron chi connectivity index (χ1n) is 7.19. The third-order valence-electron chi connectivity index (χ3n) is 3.53. The highest BCUT2D eigenvalue weighted by Gasteiger charge is 2.08. The van der Waals surface area contributed by atoms with E-state index in [4.69, 9.17) is 10.5 Å². The molecular weight excluding hydrogens is 262 g/mol. The summed E-state index contributed by atoms with van der Waals surface area (Å²) in [4.78, 5) is 0. The molecule has 0 aliphatic heterocycles. The Hall–Kier alpha value is -2.33. The predicted octanol–water partition coefficient (Wildman–Crippen LogP) is 2.62. The van der Waals surface area contributed by atoms with Crippen molar-refractivity contribution < 1.29 is 4.74 Å². The minimum atomic E-state index is 0.595. The first-order chi connectivity index (χ1) is 10.4. The second kappa shape index (κ2) is 6.41. The number of hydrogen-bond acceptors (Lipinski definition) is 3. The predicted molar refractivity (Wildman–Crippen MR) is 84.4 cm³/mol. The molecule has 0 amide bonds. The third kappa shape index (κ3) is 3.06. The van der Waals surface area contributed by atoms with Crippen molar-refractivity contribution in [3.8, 4) is 5.75 Å². The van der Waals surface area contributed by atoms with Gasteiger partial charge in [0.15, 0.2) is 0 Å². The highest BCUT2D eigenvalue weighted by Crippen LogP contribution is 2.28. The molecule has 108 valence electrons. The van der Waals surface area contributed by atoms with Gasteiger partial charge >= 0.3 is 0 Å². The smallest absolute Gasteiger partial charge is 0.123 e. The number of aromatic nitrogens is 2. The van der Waals surface area contributed by atoms with Gasteiger partial charge in [-0.05, 0) is 35.9 Å². The number of nitrogens with two attached hydrogens (primary N) is 1. The Bertz CT molecular complexity index is 707. The molecule has 0 unspecified atom stereocenters. The highest BCUT2D eigenvalue weighted by molar-refractivity contribution is 5.87. The molecule has 0 spiro atoms. The summed E-state index contributed by atoms with van der Waals surface area (Å²) in [5.74, 6) is 0.923. The Labute approximate surface area is 124 Å². The summed E-state index contributed by atoms with van der Waals surface area (Å²) < 4.78 is 7.82. The maximum absolute atomic E-state index is 5.95. The maximum atomic E-state index is 5.95. The summed E-state index contributed by atoms with van der Waals surface area (Å²) in [6.07, 6.45) is 4.53. The van der Waals surface area contributed by atoms with Crippen LogP contribution in [0.2, 0.25) is 0 Å². The number of benzene rings is 2. The lowest BCUT2D eigenvalue weighted by molar-refractivity contribution is 0.289. The zero-order chi connectivity index (χ0) is 14.5. The van der Waals surface area contributed by atoms with Gasteiger partial charge in [0.1, 0.15) is 12.4 Å². The Morgan fingerprint density at radius 2 is 2.00 bits per heavy atom. The van der Waals surface area contributed by atoms with Gasteiger partial charge in [-0.3, -0.25) is 4.68 Å². The Kier molecular flexibility index (Phi) is 4.17. The largest absolute Gasteiger partial charge is 0.491 e. The number of nitrogens with zero attached hydrogens (tertiary/aromatic N) is 2. The van der Waals surface area contributed by atoms with E-state index >= 15 is 0 Å². The lowest BCUT2D eigenvalue weighted by Crippen LogP contribution is -2.11. The van der Waals surface area contributed by atoms with Crippen molar-refractivity contribution in [2.45, 2.75) is 13.0 Å². The molecule has 4 heteroatoms. The topological polar surface area (TPSA) is 53.1 Å². The van der Waals surface area contributed by atoms with Crippen LogP contribution in [0.5, 0.6) is 5.75 Å². The van der Waals surface area contributed by atoms with Crippen LogP contribution in [0.4, 0.5) is 0 Å². The van der Waals surface area contributed by atoms with E-state index < -0.39 is 0 Å². The zero-order valence-electron chi connectivity index (χ0n) is 11.9. The molecule has 0 aliphatic carbocycles. The molecule has 0 bridgehead atoms. The van der Waals surface area contributed by atoms with Crippen LogP contribution in [0.15, 0.2) is 54.9 Å². The second-order valence-corrected chi connectivity index (χ2v) is 4.92. The van der Waals surface area contributed by atoms with E-state index in [2.05, 4.69) is 29.4 Å². The van der Waals surface area contributed by atoms with Crippen LogP contribution in [0, 0.1) is 0 Å². The van der Waals surface area contributed by atoms with Crippen molar-refractivity contribution in [3.05, 3.63) is 60.4 Å². The van der Waals surface area contributed by atoms with E-state index in [-0.39, 0.29) is 0 Å². The minimum absolute atomic E-state index is 0.595. The number of ether oxygens (including phenoxy) is 1. The molecule has 1 heterocycles. The second-order valence-electron chi connectivity index (χ2n) is 4.92. The number of hydrogen-bond donors (Lipinski definition) is 1. The molecule has 0 fully saturated rings. The van der Waals surface area contributed by atoms with Crippen LogP contribution in [0.25, 0.3) is 10.8 Å². The molecule has 0 aliphatic rings. The van der Waals surface area contributed by atoms with E-state index in [1.165, 1.54) is 16.3 Å². The summed E-state index contributed by atoms with van der Waals surface area (Å²) in [5, 5.41) is 6.62. The van der Waals surface area contributed by atoms with E-state index in [9.17, 15) is 0 Å². The molecule has 0 saturated heterocycles. The van der Waals surface area contributed by atoms with Gasteiger partial charge in [0.2, 0.25) is 0 Å². The summed E-state index contributed by atoms with van der Waals surface area (Å²) >= 11 is 0. The SMILES string of the molecule is NCCc1c(OCCn2cccn2)ccc2ccccc12. The molecule has 4 nitrogen and oxygen atoms in total. The van der Waals surface area contributed by atoms with Crippen LogP contribution in [0.1, 0.15) is 5.56 Å². The molecule has 2 N–H and O–H groups in total. The van der Waals surface area contributed by atoms with E-state index in [0.29, 0.717) is 13.2 Å². The first-order valence-corrected chi connectivity index (χ1v) is 7.19. The number of rotatable bonds is 6. The van der Waals surface area contributed by atoms with Gasteiger partial charge in [0.25, 0.3) is 0 Å². The Balaban J connectivity index is 1.81. The number of fused-ring (bicyclic) bond motifs is 1. The zero-order valence-corrected chi connectivity index (χ0v) is 11.9. The van der Waals surface area contributed by atoms with Gasteiger partial charge in [-0.15, -0.1) is 0 Å². The lowest BCUT2D eigenvalue weighted by atomic mass is 10.0. The maximum Gasteiger partial charge on any atom is 0.123 e. The van der Waals surface area contributed by atoms with Crippen molar-refractivity contribution in [3.63, 3.8) is 0 Å². The lowest BCUT2D eigenvalue weighted by Gasteiger charge is -2.14. The van der Waals surface area contributed by atoms with Crippen LogP contribution >= 0.6 is 0 Å². The highest BCUT2D eigenvalue weighted by atomic mass is 16.5. The van der Waals surface area contributed by atoms with Gasteiger partial charge in [-0.2, -0.15) is 5.10 Å². The average molecular weight is 281 g/mol. The normalized spacial score (nSPS) is 10.9. The molecule has 1 aromatic heterocycles. The monoisotopic (exact) mass is 281 g/mol. The van der Waals surface area contributed by atoms with Gasteiger partial charge in [-0.25, -0.2) is 0 Å². The fraction of sp³-hybridized carbons (Fsp3) is 0.235. The van der Waals surface area contributed by atoms with Gasteiger partial charge < -0.3 is 10.5 Å². The van der Waals surface area contributed by atoms with Gasteiger partial charge in [0.05, 0.1) is 6.54 Å². The van der Waals surface area contributed by atoms with E-state index in [0.717, 1.165) is 18.7 Å². The standard InChI is InChI=1S/C17H19N3O/c18-9-8-16-15-5-2-1-4-14(15)6-7-17(16)21-13-12-20-11-3-10-19-20/h1-7,10-11H,8-9,12-13,18H2. The molecule has 3 rings (SSSR count). The van der Waals surface area contributed by atoms with Crippen molar-refractivity contribution in [2.24, 2.45) is 5.73 Å². The average Bonchev–Trinajstić information content (AvgIpc) is 3.03.